The summed E-state index contributed by atoms with van der Waals surface area (Å²) < 4.78 is 5.10. The molecule has 0 radical (unpaired) electrons. The van der Waals surface area contributed by atoms with Crippen LogP contribution in [0, 0.1) is 0 Å². The topological polar surface area (TPSA) is 35.2 Å². The molecule has 2 nitrogen and oxygen atoms in total. The maximum absolute atomic E-state index is 5.68. The number of thioether (sulfide) groups is 1. The Balaban J connectivity index is 2.25. The van der Waals surface area contributed by atoms with E-state index in [1.54, 1.807) is 7.11 Å². The van der Waals surface area contributed by atoms with Crippen molar-refractivity contribution in [3.05, 3.63) is 29.8 Å². The number of nitrogens with two attached hydrogens (primary N) is 1. The van der Waals surface area contributed by atoms with Crippen LogP contribution in [-0.2, 0) is 5.75 Å². The van der Waals surface area contributed by atoms with Crippen LogP contribution >= 0.6 is 11.8 Å². The molecule has 15 heavy (non-hydrogen) atoms. The second kappa shape index (κ2) is 6.75. The molecule has 0 saturated heterocycles. The summed E-state index contributed by atoms with van der Waals surface area (Å²) in [6.07, 6.45) is 1.08. The third-order valence-corrected chi connectivity index (χ3v) is 3.21. The zero-order valence-electron chi connectivity index (χ0n) is 9.40. The summed E-state index contributed by atoms with van der Waals surface area (Å²) in [5.74, 6) is 3.10. The first-order valence-electron chi connectivity index (χ1n) is 5.18. The Morgan fingerprint density at radius 1 is 1.33 bits per heavy atom. The fraction of sp³-hybridized carbons (Fsp3) is 0.500. The Labute approximate surface area is 96.2 Å². The van der Waals surface area contributed by atoms with Gasteiger partial charge in [-0.25, -0.2) is 0 Å². The summed E-state index contributed by atoms with van der Waals surface area (Å²) in [6, 6.07) is 8.53. The van der Waals surface area contributed by atoms with Gasteiger partial charge in [-0.3, -0.25) is 0 Å². The molecular weight excluding hydrogens is 206 g/mol. The van der Waals surface area contributed by atoms with Crippen molar-refractivity contribution < 1.29 is 4.74 Å². The Hall–Kier alpha value is -0.670. The highest BCUT2D eigenvalue weighted by Gasteiger charge is 1.97. The van der Waals surface area contributed by atoms with E-state index in [0.29, 0.717) is 6.04 Å². The second-order valence-electron chi connectivity index (χ2n) is 3.67. The maximum Gasteiger partial charge on any atom is 0.118 e. The first-order valence-corrected chi connectivity index (χ1v) is 6.34. The molecule has 1 atom stereocenters. The Kier molecular flexibility index (Phi) is 5.58. The van der Waals surface area contributed by atoms with E-state index in [2.05, 4.69) is 12.1 Å². The van der Waals surface area contributed by atoms with E-state index < -0.39 is 0 Å². The van der Waals surface area contributed by atoms with Gasteiger partial charge in [0.1, 0.15) is 5.75 Å². The highest BCUT2D eigenvalue weighted by molar-refractivity contribution is 7.98. The van der Waals surface area contributed by atoms with Crippen molar-refractivity contribution in [2.24, 2.45) is 5.73 Å². The molecule has 1 rings (SSSR count). The number of rotatable bonds is 6. The first-order chi connectivity index (χ1) is 7.22. The second-order valence-corrected chi connectivity index (χ2v) is 4.77. The molecule has 0 aliphatic carbocycles. The molecular formula is C12H19NOS. The van der Waals surface area contributed by atoms with Gasteiger partial charge in [0.25, 0.3) is 0 Å². The minimum absolute atomic E-state index is 0.313. The smallest absolute Gasteiger partial charge is 0.118 e. The van der Waals surface area contributed by atoms with Crippen LogP contribution in [0.4, 0.5) is 0 Å². The molecule has 0 aliphatic rings. The molecule has 1 aromatic rings. The summed E-state index contributed by atoms with van der Waals surface area (Å²) in [5.41, 5.74) is 7.02. The lowest BCUT2D eigenvalue weighted by atomic mass is 10.2. The lowest BCUT2D eigenvalue weighted by molar-refractivity contribution is 0.414. The zero-order chi connectivity index (χ0) is 11.1. The summed E-state index contributed by atoms with van der Waals surface area (Å²) in [4.78, 5) is 0. The van der Waals surface area contributed by atoms with Crippen LogP contribution < -0.4 is 10.5 Å². The predicted molar refractivity (Wildman–Crippen MR) is 67.4 cm³/mol. The van der Waals surface area contributed by atoms with Crippen LogP contribution in [0.3, 0.4) is 0 Å². The van der Waals surface area contributed by atoms with Gasteiger partial charge in [0.05, 0.1) is 7.11 Å². The maximum atomic E-state index is 5.68. The summed E-state index contributed by atoms with van der Waals surface area (Å²) in [5, 5.41) is 0. The molecule has 84 valence electrons. The van der Waals surface area contributed by atoms with Crippen LogP contribution in [0.15, 0.2) is 24.3 Å². The van der Waals surface area contributed by atoms with Gasteiger partial charge in [-0.15, -0.1) is 0 Å². The normalized spacial score (nSPS) is 12.5. The van der Waals surface area contributed by atoms with E-state index in [1.807, 2.05) is 30.8 Å². The molecule has 1 aromatic carbocycles. The molecule has 0 aliphatic heterocycles. The lowest BCUT2D eigenvalue weighted by Gasteiger charge is -2.05. The van der Waals surface area contributed by atoms with Crippen LogP contribution in [0.5, 0.6) is 5.75 Å². The predicted octanol–water partition coefficient (Wildman–Crippen LogP) is 2.67. The monoisotopic (exact) mass is 225 g/mol. The fourth-order valence-electron chi connectivity index (χ4n) is 1.18. The Bertz CT molecular complexity index is 271. The van der Waals surface area contributed by atoms with E-state index in [0.717, 1.165) is 23.7 Å². The van der Waals surface area contributed by atoms with Crippen molar-refractivity contribution in [2.75, 3.05) is 12.9 Å². The number of hydrogen-bond donors (Lipinski definition) is 1. The lowest BCUT2D eigenvalue weighted by Crippen LogP contribution is -2.15. The minimum Gasteiger partial charge on any atom is -0.497 e. The summed E-state index contributed by atoms with van der Waals surface area (Å²) in [6.45, 7) is 2.05. The minimum atomic E-state index is 0.313. The van der Waals surface area contributed by atoms with Crippen molar-refractivity contribution in [1.29, 1.82) is 0 Å². The quantitative estimate of drug-likeness (QED) is 0.756. The zero-order valence-corrected chi connectivity index (χ0v) is 10.2. The van der Waals surface area contributed by atoms with E-state index in [1.165, 1.54) is 5.56 Å². The SMILES string of the molecule is COc1ccc(CSCCC(C)N)cc1. The van der Waals surface area contributed by atoms with Gasteiger partial charge in [-0.05, 0) is 36.8 Å². The highest BCUT2D eigenvalue weighted by atomic mass is 32.2. The molecule has 1 unspecified atom stereocenters. The van der Waals surface area contributed by atoms with E-state index in [-0.39, 0.29) is 0 Å². The third kappa shape index (κ3) is 5.09. The molecule has 0 spiro atoms. The van der Waals surface area contributed by atoms with Gasteiger partial charge in [0, 0.05) is 11.8 Å². The van der Waals surface area contributed by atoms with E-state index in [9.17, 15) is 0 Å². The van der Waals surface area contributed by atoms with Crippen molar-refractivity contribution in [3.8, 4) is 5.75 Å². The average Bonchev–Trinajstić information content (AvgIpc) is 2.25. The van der Waals surface area contributed by atoms with Gasteiger partial charge in [-0.2, -0.15) is 11.8 Å². The Morgan fingerprint density at radius 3 is 2.53 bits per heavy atom. The molecule has 0 bridgehead atoms. The van der Waals surface area contributed by atoms with Gasteiger partial charge < -0.3 is 10.5 Å². The van der Waals surface area contributed by atoms with Crippen LogP contribution in [0.2, 0.25) is 0 Å². The molecule has 0 heterocycles. The Morgan fingerprint density at radius 2 is 2.00 bits per heavy atom. The van der Waals surface area contributed by atoms with Crippen molar-refractivity contribution in [3.63, 3.8) is 0 Å². The number of ether oxygens (including phenoxy) is 1. The van der Waals surface area contributed by atoms with Crippen molar-refractivity contribution >= 4 is 11.8 Å². The van der Waals surface area contributed by atoms with Crippen LogP contribution in [0.1, 0.15) is 18.9 Å². The van der Waals surface area contributed by atoms with Gasteiger partial charge >= 0.3 is 0 Å². The van der Waals surface area contributed by atoms with Crippen molar-refractivity contribution in [2.45, 2.75) is 25.1 Å². The van der Waals surface area contributed by atoms with Crippen LogP contribution in [-0.4, -0.2) is 18.9 Å². The first kappa shape index (κ1) is 12.4. The highest BCUT2D eigenvalue weighted by Crippen LogP contribution is 2.17. The number of hydrogen-bond acceptors (Lipinski definition) is 3. The standard InChI is InChI=1S/C12H19NOS/c1-10(13)7-8-15-9-11-3-5-12(14-2)6-4-11/h3-6,10H,7-9,13H2,1-2H3. The largest absolute Gasteiger partial charge is 0.497 e. The van der Waals surface area contributed by atoms with Gasteiger partial charge in [0.2, 0.25) is 0 Å². The summed E-state index contributed by atoms with van der Waals surface area (Å²) >= 11 is 1.93. The number of benzene rings is 1. The molecule has 0 amide bonds. The van der Waals surface area contributed by atoms with E-state index >= 15 is 0 Å². The van der Waals surface area contributed by atoms with Gasteiger partial charge in [0.15, 0.2) is 0 Å². The molecule has 3 heteroatoms. The molecule has 0 aromatic heterocycles. The average molecular weight is 225 g/mol. The fourth-order valence-corrected chi connectivity index (χ4v) is 2.29. The molecule has 0 saturated carbocycles. The summed E-state index contributed by atoms with van der Waals surface area (Å²) in [7, 11) is 1.69. The molecule has 0 fully saturated rings. The van der Waals surface area contributed by atoms with Crippen LogP contribution in [0.25, 0.3) is 0 Å². The van der Waals surface area contributed by atoms with E-state index in [4.69, 9.17) is 10.5 Å². The van der Waals surface area contributed by atoms with Gasteiger partial charge in [-0.1, -0.05) is 12.1 Å². The van der Waals surface area contributed by atoms with Crippen molar-refractivity contribution in [1.82, 2.24) is 0 Å². The molecule has 2 N–H and O–H groups in total. The number of methoxy groups -OCH3 is 1. The third-order valence-electron chi connectivity index (χ3n) is 2.15.